The average molecular weight is 691 g/mol. The fourth-order valence-electron chi connectivity index (χ4n) is 5.66. The zero-order valence-corrected chi connectivity index (χ0v) is 27.6. The largest absolute Gasteiger partial charge is 0.489 e. The van der Waals surface area contributed by atoms with Crippen molar-refractivity contribution in [2.75, 3.05) is 31.1 Å². The second-order valence-corrected chi connectivity index (χ2v) is 13.0. The van der Waals surface area contributed by atoms with Gasteiger partial charge in [-0.1, -0.05) is 84.4 Å². The molecule has 1 aliphatic heterocycles. The summed E-state index contributed by atoms with van der Waals surface area (Å²) in [7, 11) is 0. The van der Waals surface area contributed by atoms with Crippen LogP contribution in [-0.4, -0.2) is 46.9 Å². The van der Waals surface area contributed by atoms with Crippen molar-refractivity contribution in [1.29, 1.82) is 0 Å². The van der Waals surface area contributed by atoms with Gasteiger partial charge in [0.2, 0.25) is 0 Å². The number of amides is 1. The first-order chi connectivity index (χ1) is 23.2. The molecule has 5 aromatic rings. The highest BCUT2D eigenvalue weighted by Gasteiger charge is 2.30. The van der Waals surface area contributed by atoms with Gasteiger partial charge < -0.3 is 14.5 Å². The van der Waals surface area contributed by atoms with E-state index in [1.807, 2.05) is 83.8 Å². The Hall–Kier alpha value is -4.38. The molecule has 0 aliphatic carbocycles. The first kappa shape index (κ1) is 33.5. The minimum Gasteiger partial charge on any atom is -0.489 e. The van der Waals surface area contributed by atoms with Crippen LogP contribution >= 0.6 is 22.9 Å². The van der Waals surface area contributed by atoms with Crippen LogP contribution in [0.2, 0.25) is 5.02 Å². The Labute approximate surface area is 287 Å². The van der Waals surface area contributed by atoms with E-state index >= 15 is 0 Å². The summed E-state index contributed by atoms with van der Waals surface area (Å²) in [6.07, 6.45) is -4.43. The average Bonchev–Trinajstić information content (AvgIpc) is 3.56. The van der Waals surface area contributed by atoms with Crippen LogP contribution in [0, 0.1) is 0 Å². The van der Waals surface area contributed by atoms with Gasteiger partial charge in [0, 0.05) is 44.6 Å². The van der Waals surface area contributed by atoms with Crippen LogP contribution in [0.5, 0.6) is 5.75 Å². The molecule has 1 amide bonds. The molecule has 0 radical (unpaired) electrons. The van der Waals surface area contributed by atoms with Crippen molar-refractivity contribution in [1.82, 2.24) is 14.8 Å². The van der Waals surface area contributed by atoms with Crippen molar-refractivity contribution in [2.45, 2.75) is 32.4 Å². The summed E-state index contributed by atoms with van der Waals surface area (Å²) in [6, 6.07) is 30.7. The van der Waals surface area contributed by atoms with Crippen molar-refractivity contribution in [3.63, 3.8) is 0 Å². The van der Waals surface area contributed by atoms with E-state index in [4.69, 9.17) is 16.3 Å². The van der Waals surface area contributed by atoms with Crippen LogP contribution in [0.3, 0.4) is 0 Å². The standard InChI is InChI=1S/C37H34ClF3N4O2S/c38-32-11-4-5-12-34(32)44-17-19-45(20-18-44)36(46)33-26-48-35(42-33)24-43(23-29-9-6-10-30(21-29)37(39,40)41)22-27-13-15-31(16-14-27)47-25-28-7-2-1-3-8-28/h1-16,21,26H,17-20,22-25H2. The van der Waals surface area contributed by atoms with Gasteiger partial charge in [-0.3, -0.25) is 9.69 Å². The number of rotatable bonds is 11. The van der Waals surface area contributed by atoms with Crippen LogP contribution in [0.4, 0.5) is 18.9 Å². The molecule has 6 rings (SSSR count). The highest BCUT2D eigenvalue weighted by Crippen LogP contribution is 2.30. The van der Waals surface area contributed by atoms with E-state index in [2.05, 4.69) is 9.88 Å². The molecule has 1 saturated heterocycles. The quantitative estimate of drug-likeness (QED) is 0.139. The summed E-state index contributed by atoms with van der Waals surface area (Å²) in [5.74, 6) is 0.592. The maximum Gasteiger partial charge on any atom is 0.416 e. The number of anilines is 1. The van der Waals surface area contributed by atoms with Gasteiger partial charge in [-0.15, -0.1) is 11.3 Å². The van der Waals surface area contributed by atoms with Crippen LogP contribution in [0.25, 0.3) is 0 Å². The molecule has 1 fully saturated rings. The summed E-state index contributed by atoms with van der Waals surface area (Å²) >= 11 is 7.75. The number of hydrogen-bond acceptors (Lipinski definition) is 6. The zero-order valence-electron chi connectivity index (χ0n) is 26.1. The number of benzene rings is 4. The Morgan fingerprint density at radius 3 is 2.23 bits per heavy atom. The summed E-state index contributed by atoms with van der Waals surface area (Å²) in [6.45, 7) is 3.95. The maximum absolute atomic E-state index is 13.5. The zero-order chi connectivity index (χ0) is 33.5. The fraction of sp³-hybridized carbons (Fsp3) is 0.243. The number of hydrogen-bond donors (Lipinski definition) is 0. The fourth-order valence-corrected chi connectivity index (χ4v) is 6.72. The van der Waals surface area contributed by atoms with E-state index < -0.39 is 11.7 Å². The lowest BCUT2D eigenvalue weighted by atomic mass is 10.1. The SMILES string of the molecule is O=C(c1csc(CN(Cc2ccc(OCc3ccccc3)cc2)Cc2cccc(C(F)(F)F)c2)n1)N1CCN(c2ccccc2Cl)CC1. The van der Waals surface area contributed by atoms with Crippen LogP contribution < -0.4 is 9.64 Å². The molecule has 0 N–H and O–H groups in total. The summed E-state index contributed by atoms with van der Waals surface area (Å²) in [5.41, 5.74) is 3.22. The predicted octanol–water partition coefficient (Wildman–Crippen LogP) is 8.56. The molecule has 0 saturated carbocycles. The predicted molar refractivity (Wildman–Crippen MR) is 183 cm³/mol. The molecule has 11 heteroatoms. The van der Waals surface area contributed by atoms with Gasteiger partial charge in [-0.25, -0.2) is 4.98 Å². The van der Waals surface area contributed by atoms with Crippen LogP contribution in [-0.2, 0) is 32.4 Å². The van der Waals surface area contributed by atoms with Gasteiger partial charge in [0.05, 0.1) is 22.8 Å². The molecule has 0 bridgehead atoms. The van der Waals surface area contributed by atoms with Crippen LogP contribution in [0.1, 0.15) is 37.7 Å². The summed E-state index contributed by atoms with van der Waals surface area (Å²) in [4.78, 5) is 24.1. The number of halogens is 4. The van der Waals surface area contributed by atoms with Crippen molar-refractivity contribution < 1.29 is 22.7 Å². The highest BCUT2D eigenvalue weighted by atomic mass is 35.5. The molecule has 48 heavy (non-hydrogen) atoms. The Kier molecular flexibility index (Phi) is 10.6. The van der Waals surface area contributed by atoms with E-state index in [9.17, 15) is 18.0 Å². The molecular formula is C37H34ClF3N4O2S. The molecule has 1 aliphatic rings. The Morgan fingerprint density at radius 2 is 1.50 bits per heavy atom. The first-order valence-corrected chi connectivity index (χ1v) is 16.8. The smallest absolute Gasteiger partial charge is 0.416 e. The number of para-hydroxylation sites is 1. The Balaban J connectivity index is 1.12. The molecule has 2 heterocycles. The lowest BCUT2D eigenvalue weighted by Gasteiger charge is -2.36. The van der Waals surface area contributed by atoms with E-state index in [0.717, 1.165) is 28.6 Å². The molecule has 0 unspecified atom stereocenters. The number of aromatic nitrogens is 1. The lowest BCUT2D eigenvalue weighted by Crippen LogP contribution is -2.49. The van der Waals surface area contributed by atoms with Gasteiger partial charge in [-0.2, -0.15) is 13.2 Å². The number of ether oxygens (including phenoxy) is 1. The van der Waals surface area contributed by atoms with E-state index in [1.54, 1.807) is 16.3 Å². The van der Waals surface area contributed by atoms with E-state index in [0.29, 0.717) is 67.2 Å². The number of alkyl halides is 3. The van der Waals surface area contributed by atoms with Crippen molar-refractivity contribution >= 4 is 34.5 Å². The second-order valence-electron chi connectivity index (χ2n) is 11.6. The summed E-state index contributed by atoms with van der Waals surface area (Å²) in [5, 5.41) is 3.16. The normalized spacial score (nSPS) is 13.6. The molecule has 4 aromatic carbocycles. The molecule has 248 valence electrons. The molecular weight excluding hydrogens is 657 g/mol. The second kappa shape index (κ2) is 15.2. The van der Waals surface area contributed by atoms with Crippen molar-refractivity contribution in [3.8, 4) is 5.75 Å². The van der Waals surface area contributed by atoms with Gasteiger partial charge >= 0.3 is 6.18 Å². The van der Waals surface area contributed by atoms with Crippen molar-refractivity contribution in [3.05, 3.63) is 146 Å². The van der Waals surface area contributed by atoms with Crippen molar-refractivity contribution in [2.24, 2.45) is 0 Å². The van der Waals surface area contributed by atoms with Gasteiger partial charge in [0.25, 0.3) is 5.91 Å². The number of piperazine rings is 1. The molecule has 0 spiro atoms. The Morgan fingerprint density at radius 1 is 0.812 bits per heavy atom. The lowest BCUT2D eigenvalue weighted by molar-refractivity contribution is -0.137. The number of nitrogens with zero attached hydrogens (tertiary/aromatic N) is 4. The van der Waals surface area contributed by atoms with E-state index in [-0.39, 0.29) is 12.5 Å². The van der Waals surface area contributed by atoms with Gasteiger partial charge in [0.15, 0.2) is 0 Å². The van der Waals surface area contributed by atoms with Crippen LogP contribution in [0.15, 0.2) is 109 Å². The topological polar surface area (TPSA) is 48.9 Å². The number of thiazole rings is 1. The van der Waals surface area contributed by atoms with E-state index in [1.165, 1.54) is 23.5 Å². The summed E-state index contributed by atoms with van der Waals surface area (Å²) < 4.78 is 46.4. The maximum atomic E-state index is 13.5. The number of carbonyl (C=O) groups excluding carboxylic acids is 1. The third-order valence-corrected chi connectivity index (χ3v) is 9.28. The highest BCUT2D eigenvalue weighted by molar-refractivity contribution is 7.09. The Bertz CT molecular complexity index is 1810. The minimum absolute atomic E-state index is 0.133. The van der Waals surface area contributed by atoms with Gasteiger partial charge in [0.1, 0.15) is 23.1 Å². The third-order valence-electron chi connectivity index (χ3n) is 8.13. The third kappa shape index (κ3) is 8.74. The number of carbonyl (C=O) groups is 1. The van der Waals surface area contributed by atoms with Gasteiger partial charge in [-0.05, 0) is 47.0 Å². The minimum atomic E-state index is -4.43. The molecule has 6 nitrogen and oxygen atoms in total. The first-order valence-electron chi connectivity index (χ1n) is 15.6. The monoisotopic (exact) mass is 690 g/mol. The molecule has 1 aromatic heterocycles. The molecule has 0 atom stereocenters.